The summed E-state index contributed by atoms with van der Waals surface area (Å²) in [6.07, 6.45) is 2.67. The summed E-state index contributed by atoms with van der Waals surface area (Å²) >= 11 is 0. The molecule has 11 heavy (non-hydrogen) atoms. The van der Waals surface area contributed by atoms with Gasteiger partial charge in [-0.15, -0.1) is 0 Å². The molecule has 2 heteroatoms. The molecule has 2 unspecified atom stereocenters. The number of rotatable bonds is 3. The maximum Gasteiger partial charge on any atom is 0.0127 e. The second-order valence-corrected chi connectivity index (χ2v) is 4.02. The Morgan fingerprint density at radius 2 is 2.00 bits per heavy atom. The van der Waals surface area contributed by atoms with Crippen LogP contribution in [0.5, 0.6) is 0 Å². The van der Waals surface area contributed by atoms with Crippen LogP contribution in [0.2, 0.25) is 0 Å². The third-order valence-corrected chi connectivity index (χ3v) is 3.16. The highest BCUT2D eigenvalue weighted by Crippen LogP contribution is 2.43. The molecule has 2 fully saturated rings. The molecule has 1 saturated heterocycles. The second kappa shape index (κ2) is 2.76. The summed E-state index contributed by atoms with van der Waals surface area (Å²) in [6.45, 7) is 6.12. The van der Waals surface area contributed by atoms with Gasteiger partial charge in [0.15, 0.2) is 0 Å². The van der Waals surface area contributed by atoms with Crippen molar-refractivity contribution in [3.05, 3.63) is 0 Å². The molecule has 2 rings (SSSR count). The van der Waals surface area contributed by atoms with Crippen LogP contribution in [0.25, 0.3) is 0 Å². The molecule has 0 radical (unpaired) electrons. The van der Waals surface area contributed by atoms with Crippen LogP contribution in [0.1, 0.15) is 19.8 Å². The van der Waals surface area contributed by atoms with Gasteiger partial charge in [-0.3, -0.25) is 0 Å². The van der Waals surface area contributed by atoms with E-state index in [4.69, 9.17) is 5.73 Å². The minimum absolute atomic E-state index is 0.563. The van der Waals surface area contributed by atoms with Gasteiger partial charge >= 0.3 is 0 Å². The molecule has 2 aliphatic rings. The molecule has 1 saturated carbocycles. The lowest BCUT2D eigenvalue weighted by atomic mass is 10.3. The third kappa shape index (κ3) is 1.30. The minimum Gasteiger partial charge on any atom is -0.327 e. The molecule has 0 aromatic heterocycles. The average molecular weight is 154 g/mol. The fourth-order valence-electron chi connectivity index (χ4n) is 2.22. The Labute approximate surface area is 68.7 Å². The fourth-order valence-corrected chi connectivity index (χ4v) is 2.22. The Morgan fingerprint density at radius 3 is 2.55 bits per heavy atom. The van der Waals surface area contributed by atoms with Crippen LogP contribution in [0.15, 0.2) is 0 Å². The van der Waals surface area contributed by atoms with Crippen molar-refractivity contribution in [2.45, 2.75) is 25.8 Å². The lowest BCUT2D eigenvalue weighted by Gasteiger charge is -2.17. The van der Waals surface area contributed by atoms with E-state index in [1.54, 1.807) is 0 Å². The van der Waals surface area contributed by atoms with Crippen LogP contribution in [0, 0.1) is 11.8 Å². The Kier molecular flexibility index (Phi) is 1.90. The highest BCUT2D eigenvalue weighted by Gasteiger charge is 2.52. The van der Waals surface area contributed by atoms with Crippen molar-refractivity contribution in [3.8, 4) is 0 Å². The highest BCUT2D eigenvalue weighted by molar-refractivity contribution is 5.08. The first kappa shape index (κ1) is 7.56. The van der Waals surface area contributed by atoms with Crippen molar-refractivity contribution in [2.24, 2.45) is 17.6 Å². The highest BCUT2D eigenvalue weighted by atomic mass is 15.2. The number of nitrogens with zero attached hydrogens (tertiary/aromatic N) is 1. The standard InChI is InChI=1S/C9H18N2/c1-2-3-4-11-5-7-8(6-11)9(7)10/h7-9H,2-6,10H2,1H3. The van der Waals surface area contributed by atoms with E-state index >= 15 is 0 Å². The quantitative estimate of drug-likeness (QED) is 0.647. The van der Waals surface area contributed by atoms with Crippen molar-refractivity contribution in [2.75, 3.05) is 19.6 Å². The van der Waals surface area contributed by atoms with Gasteiger partial charge in [0, 0.05) is 19.1 Å². The minimum atomic E-state index is 0.563. The van der Waals surface area contributed by atoms with Crippen LogP contribution < -0.4 is 5.73 Å². The van der Waals surface area contributed by atoms with Crippen LogP contribution >= 0.6 is 0 Å². The number of hydrogen-bond acceptors (Lipinski definition) is 2. The molecule has 2 atom stereocenters. The third-order valence-electron chi connectivity index (χ3n) is 3.16. The van der Waals surface area contributed by atoms with Gasteiger partial charge in [-0.05, 0) is 24.8 Å². The van der Waals surface area contributed by atoms with Crippen LogP contribution in [0.4, 0.5) is 0 Å². The molecule has 0 amide bonds. The van der Waals surface area contributed by atoms with E-state index in [9.17, 15) is 0 Å². The number of hydrogen-bond donors (Lipinski definition) is 1. The van der Waals surface area contributed by atoms with Crippen molar-refractivity contribution < 1.29 is 0 Å². The second-order valence-electron chi connectivity index (χ2n) is 4.02. The van der Waals surface area contributed by atoms with E-state index in [0.29, 0.717) is 6.04 Å². The van der Waals surface area contributed by atoms with Crippen molar-refractivity contribution >= 4 is 0 Å². The first-order chi connectivity index (χ1) is 5.33. The molecule has 64 valence electrons. The van der Waals surface area contributed by atoms with Gasteiger partial charge < -0.3 is 10.6 Å². The van der Waals surface area contributed by atoms with E-state index in [2.05, 4.69) is 11.8 Å². The van der Waals surface area contributed by atoms with Crippen molar-refractivity contribution in [1.82, 2.24) is 4.90 Å². The zero-order chi connectivity index (χ0) is 7.84. The van der Waals surface area contributed by atoms with Gasteiger partial charge in [0.1, 0.15) is 0 Å². The van der Waals surface area contributed by atoms with E-state index in [1.807, 2.05) is 0 Å². The molecule has 0 aromatic carbocycles. The summed E-state index contributed by atoms with van der Waals surface area (Å²) in [7, 11) is 0. The first-order valence-electron chi connectivity index (χ1n) is 4.81. The van der Waals surface area contributed by atoms with Gasteiger partial charge in [0.2, 0.25) is 0 Å². The van der Waals surface area contributed by atoms with Crippen LogP contribution in [0.3, 0.4) is 0 Å². The first-order valence-corrected chi connectivity index (χ1v) is 4.81. The van der Waals surface area contributed by atoms with Gasteiger partial charge in [0.05, 0.1) is 0 Å². The predicted molar refractivity (Wildman–Crippen MR) is 46.3 cm³/mol. The average Bonchev–Trinajstić information content (AvgIpc) is 2.54. The Balaban J connectivity index is 1.69. The predicted octanol–water partition coefficient (Wildman–Crippen LogP) is 0.675. The van der Waals surface area contributed by atoms with Gasteiger partial charge in [0.25, 0.3) is 0 Å². The zero-order valence-corrected chi connectivity index (χ0v) is 7.29. The number of likely N-dealkylation sites (tertiary alicyclic amines) is 1. The van der Waals surface area contributed by atoms with Crippen LogP contribution in [-0.2, 0) is 0 Å². The summed E-state index contributed by atoms with van der Waals surface area (Å²) in [4.78, 5) is 2.57. The molecule has 0 bridgehead atoms. The Bertz CT molecular complexity index is 134. The van der Waals surface area contributed by atoms with E-state index in [-0.39, 0.29) is 0 Å². The lowest BCUT2D eigenvalue weighted by molar-refractivity contribution is 0.293. The number of fused-ring (bicyclic) bond motifs is 1. The SMILES string of the molecule is CCCCN1CC2C(N)C2C1. The van der Waals surface area contributed by atoms with E-state index in [0.717, 1.165) is 11.8 Å². The Hall–Kier alpha value is -0.0800. The molecule has 0 aromatic rings. The van der Waals surface area contributed by atoms with E-state index < -0.39 is 0 Å². The smallest absolute Gasteiger partial charge is 0.0127 e. The summed E-state index contributed by atoms with van der Waals surface area (Å²) in [6, 6.07) is 0.563. The summed E-state index contributed by atoms with van der Waals surface area (Å²) in [5.74, 6) is 1.73. The van der Waals surface area contributed by atoms with Gasteiger partial charge in [-0.2, -0.15) is 0 Å². The van der Waals surface area contributed by atoms with Gasteiger partial charge in [-0.25, -0.2) is 0 Å². The van der Waals surface area contributed by atoms with E-state index in [1.165, 1.54) is 32.5 Å². The molecule has 1 aliphatic carbocycles. The lowest BCUT2D eigenvalue weighted by Crippen LogP contribution is -2.28. The summed E-state index contributed by atoms with van der Waals surface area (Å²) in [5, 5.41) is 0. The number of unbranched alkanes of at least 4 members (excludes halogenated alkanes) is 1. The molecular formula is C9H18N2. The maximum atomic E-state index is 5.84. The van der Waals surface area contributed by atoms with Gasteiger partial charge in [-0.1, -0.05) is 13.3 Å². The summed E-state index contributed by atoms with van der Waals surface area (Å²) < 4.78 is 0. The molecule has 1 heterocycles. The monoisotopic (exact) mass is 154 g/mol. The normalized spacial score (nSPS) is 42.5. The fraction of sp³-hybridized carbons (Fsp3) is 1.00. The number of piperidine rings is 1. The zero-order valence-electron chi connectivity index (χ0n) is 7.29. The number of nitrogens with two attached hydrogens (primary N) is 1. The van der Waals surface area contributed by atoms with Crippen molar-refractivity contribution in [3.63, 3.8) is 0 Å². The molecule has 1 aliphatic heterocycles. The molecular weight excluding hydrogens is 136 g/mol. The molecule has 2 nitrogen and oxygen atoms in total. The molecule has 2 N–H and O–H groups in total. The van der Waals surface area contributed by atoms with Crippen molar-refractivity contribution in [1.29, 1.82) is 0 Å². The van der Waals surface area contributed by atoms with Crippen LogP contribution in [-0.4, -0.2) is 30.6 Å². The maximum absolute atomic E-state index is 5.84. The topological polar surface area (TPSA) is 29.3 Å². The summed E-state index contributed by atoms with van der Waals surface area (Å²) in [5.41, 5.74) is 5.84. The molecule has 0 spiro atoms. The largest absolute Gasteiger partial charge is 0.327 e. The Morgan fingerprint density at radius 1 is 1.36 bits per heavy atom.